The first-order valence-corrected chi connectivity index (χ1v) is 10.5. The van der Waals surface area contributed by atoms with E-state index in [1.165, 1.54) is 0 Å². The Morgan fingerprint density at radius 2 is 1.97 bits per heavy atom. The maximum Gasteiger partial charge on any atom is 0.162 e. The normalized spacial score (nSPS) is 15.5. The van der Waals surface area contributed by atoms with Gasteiger partial charge in [-0.3, -0.25) is 5.10 Å². The van der Waals surface area contributed by atoms with Crippen LogP contribution in [-0.2, 0) is 0 Å². The van der Waals surface area contributed by atoms with Crippen LogP contribution >= 0.6 is 0 Å². The molecule has 164 valence electrons. The second kappa shape index (κ2) is 10.0. The molecule has 0 aliphatic carbocycles. The van der Waals surface area contributed by atoms with E-state index in [-0.39, 0.29) is 0 Å². The molecule has 8 nitrogen and oxygen atoms in total. The van der Waals surface area contributed by atoms with Crippen molar-refractivity contribution in [3.63, 3.8) is 0 Å². The zero-order valence-electron chi connectivity index (χ0n) is 18.5. The number of methoxy groups -OCH3 is 2. The van der Waals surface area contributed by atoms with Gasteiger partial charge in [0.1, 0.15) is 29.3 Å². The largest absolute Gasteiger partial charge is 0.497 e. The van der Waals surface area contributed by atoms with Crippen LogP contribution in [-0.4, -0.2) is 60.1 Å². The van der Waals surface area contributed by atoms with Crippen molar-refractivity contribution in [1.29, 1.82) is 0 Å². The van der Waals surface area contributed by atoms with Crippen LogP contribution < -0.4 is 19.7 Å². The molecule has 2 N–H and O–H groups in total. The highest BCUT2D eigenvalue weighted by atomic mass is 16.5. The molecular formula is C24H26N6O2. The van der Waals surface area contributed by atoms with Crippen molar-refractivity contribution >= 4 is 16.9 Å². The van der Waals surface area contributed by atoms with E-state index in [1.807, 2.05) is 25.1 Å². The molecule has 0 bridgehead atoms. The minimum absolute atomic E-state index is 0.361. The van der Waals surface area contributed by atoms with Gasteiger partial charge in [-0.1, -0.05) is 11.8 Å². The predicted molar refractivity (Wildman–Crippen MR) is 124 cm³/mol. The van der Waals surface area contributed by atoms with Crippen LogP contribution in [0.3, 0.4) is 0 Å². The van der Waals surface area contributed by atoms with Crippen molar-refractivity contribution in [3.8, 4) is 35.2 Å². The second-order valence-corrected chi connectivity index (χ2v) is 7.44. The molecule has 0 spiro atoms. The Balaban J connectivity index is 1.65. The molecular weight excluding hydrogens is 404 g/mol. The minimum atomic E-state index is 0.361. The molecule has 1 saturated heterocycles. The molecule has 1 aliphatic heterocycles. The lowest BCUT2D eigenvalue weighted by Gasteiger charge is -2.34. The fourth-order valence-electron chi connectivity index (χ4n) is 3.80. The highest BCUT2D eigenvalue weighted by Gasteiger charge is 2.23. The molecule has 3 heterocycles. The van der Waals surface area contributed by atoms with E-state index in [9.17, 15) is 0 Å². The number of rotatable bonds is 5. The van der Waals surface area contributed by atoms with Crippen molar-refractivity contribution in [3.05, 3.63) is 35.8 Å². The number of aromatic nitrogens is 4. The maximum absolute atomic E-state index is 5.34. The predicted octanol–water partition coefficient (Wildman–Crippen LogP) is 2.35. The van der Waals surface area contributed by atoms with Crippen molar-refractivity contribution in [2.24, 2.45) is 0 Å². The zero-order chi connectivity index (χ0) is 22.3. The molecule has 32 heavy (non-hydrogen) atoms. The number of nitrogens with one attached hydrogen (secondary N) is 2. The number of aromatic amines is 1. The number of hydrogen-bond acceptors (Lipinski definition) is 7. The number of H-pyrrole nitrogens is 1. The first kappa shape index (κ1) is 21.5. The summed E-state index contributed by atoms with van der Waals surface area (Å²) in [6.07, 6.45) is 3.76. The number of anilines is 1. The smallest absolute Gasteiger partial charge is 0.162 e. The van der Waals surface area contributed by atoms with Crippen LogP contribution in [0.2, 0.25) is 0 Å². The zero-order valence-corrected chi connectivity index (χ0v) is 18.5. The van der Waals surface area contributed by atoms with Gasteiger partial charge in [0.05, 0.1) is 26.2 Å². The highest BCUT2D eigenvalue weighted by Crippen LogP contribution is 2.27. The minimum Gasteiger partial charge on any atom is -0.497 e. The third kappa shape index (κ3) is 4.77. The molecule has 1 aromatic carbocycles. The van der Waals surface area contributed by atoms with Crippen molar-refractivity contribution < 1.29 is 9.47 Å². The van der Waals surface area contributed by atoms with E-state index in [2.05, 4.69) is 54.1 Å². The monoisotopic (exact) mass is 430 g/mol. The van der Waals surface area contributed by atoms with Gasteiger partial charge < -0.3 is 19.7 Å². The van der Waals surface area contributed by atoms with Crippen molar-refractivity contribution in [2.45, 2.75) is 25.8 Å². The standard InChI is InChI=1S/C24H26N6O2/c1-4-5-10-25-18-7-6-11-30(15-18)24-22-21(28-29-23(22)26-16-27-24)9-8-17-12-19(31-2)14-20(13-17)32-3/h12-14,16,18,25H,6-7,10-11,15H2,1-3H3,(H,26,27,28,29). The number of piperidine rings is 1. The molecule has 1 aliphatic rings. The van der Waals surface area contributed by atoms with Gasteiger partial charge in [0.2, 0.25) is 0 Å². The number of fused-ring (bicyclic) bond motifs is 1. The Hall–Kier alpha value is -3.75. The summed E-state index contributed by atoms with van der Waals surface area (Å²) in [5, 5.41) is 11.7. The molecule has 0 radical (unpaired) electrons. The lowest BCUT2D eigenvalue weighted by Crippen LogP contribution is -2.46. The van der Waals surface area contributed by atoms with Gasteiger partial charge in [-0.2, -0.15) is 5.10 Å². The van der Waals surface area contributed by atoms with Crippen LogP contribution in [0.5, 0.6) is 11.5 Å². The highest BCUT2D eigenvalue weighted by molar-refractivity contribution is 5.91. The van der Waals surface area contributed by atoms with Gasteiger partial charge in [0, 0.05) is 30.8 Å². The average Bonchev–Trinajstić information content (AvgIpc) is 3.26. The van der Waals surface area contributed by atoms with E-state index in [4.69, 9.17) is 9.47 Å². The van der Waals surface area contributed by atoms with Gasteiger partial charge in [-0.25, -0.2) is 9.97 Å². The summed E-state index contributed by atoms with van der Waals surface area (Å²) in [7, 11) is 3.23. The van der Waals surface area contributed by atoms with Gasteiger partial charge in [-0.05, 0) is 37.8 Å². The average molecular weight is 431 g/mol. The Bertz CT molecular complexity index is 1190. The summed E-state index contributed by atoms with van der Waals surface area (Å²) in [6, 6.07) is 5.90. The third-order valence-electron chi connectivity index (χ3n) is 5.39. The van der Waals surface area contributed by atoms with Gasteiger partial charge >= 0.3 is 0 Å². The summed E-state index contributed by atoms with van der Waals surface area (Å²) in [5.74, 6) is 14.6. The first-order chi connectivity index (χ1) is 15.7. The molecule has 2 aromatic heterocycles. The molecule has 1 atom stereocenters. The molecule has 3 aromatic rings. The van der Waals surface area contributed by atoms with Gasteiger partial charge in [0.25, 0.3) is 0 Å². The van der Waals surface area contributed by atoms with Crippen molar-refractivity contribution in [1.82, 2.24) is 25.5 Å². The van der Waals surface area contributed by atoms with Crippen LogP contribution in [0.25, 0.3) is 11.0 Å². The summed E-state index contributed by atoms with van der Waals surface area (Å²) in [5.41, 5.74) is 2.06. The van der Waals surface area contributed by atoms with Gasteiger partial charge in [-0.15, -0.1) is 5.92 Å². The van der Waals surface area contributed by atoms with Gasteiger partial charge in [0.15, 0.2) is 5.65 Å². The van der Waals surface area contributed by atoms with Crippen LogP contribution in [0.4, 0.5) is 5.82 Å². The SMILES string of the molecule is CC#CCNC1CCCN(c2ncnc3[nH]nc(C#Cc4cc(OC)cc(OC)c4)c23)C1. The summed E-state index contributed by atoms with van der Waals surface area (Å²) < 4.78 is 10.7. The lowest BCUT2D eigenvalue weighted by molar-refractivity contribution is 0.394. The van der Waals surface area contributed by atoms with E-state index in [0.717, 1.165) is 42.7 Å². The fraction of sp³-hybridized carbons (Fsp3) is 0.375. The third-order valence-corrected chi connectivity index (χ3v) is 5.39. The molecule has 0 saturated carbocycles. The topological polar surface area (TPSA) is 88.2 Å². The van der Waals surface area contributed by atoms with E-state index >= 15 is 0 Å². The Morgan fingerprint density at radius 3 is 2.72 bits per heavy atom. The molecule has 4 rings (SSSR count). The molecule has 1 unspecified atom stereocenters. The van der Waals surface area contributed by atoms with E-state index < -0.39 is 0 Å². The van der Waals surface area contributed by atoms with E-state index in [1.54, 1.807) is 20.5 Å². The number of benzene rings is 1. The quantitative estimate of drug-likeness (QED) is 0.601. The lowest BCUT2D eigenvalue weighted by atomic mass is 10.1. The summed E-state index contributed by atoms with van der Waals surface area (Å²) in [4.78, 5) is 11.2. The van der Waals surface area contributed by atoms with Crippen LogP contribution in [0.1, 0.15) is 31.0 Å². The Labute approximate surface area is 187 Å². The fourth-order valence-corrected chi connectivity index (χ4v) is 3.80. The van der Waals surface area contributed by atoms with Crippen molar-refractivity contribution in [2.75, 3.05) is 38.8 Å². The Kier molecular flexibility index (Phi) is 6.74. The Morgan fingerprint density at radius 1 is 1.16 bits per heavy atom. The second-order valence-electron chi connectivity index (χ2n) is 7.44. The number of ether oxygens (including phenoxy) is 2. The number of nitrogens with zero attached hydrogens (tertiary/aromatic N) is 4. The van der Waals surface area contributed by atoms with Crippen LogP contribution in [0.15, 0.2) is 24.5 Å². The molecule has 0 amide bonds. The number of hydrogen-bond donors (Lipinski definition) is 2. The maximum atomic E-state index is 5.34. The van der Waals surface area contributed by atoms with E-state index in [0.29, 0.717) is 35.4 Å². The summed E-state index contributed by atoms with van der Waals surface area (Å²) >= 11 is 0. The molecule has 8 heteroatoms. The molecule has 1 fully saturated rings. The van der Waals surface area contributed by atoms with Crippen LogP contribution in [0, 0.1) is 23.7 Å². The first-order valence-electron chi connectivity index (χ1n) is 10.5. The summed E-state index contributed by atoms with van der Waals surface area (Å²) in [6.45, 7) is 4.33.